The second-order valence-electron chi connectivity index (χ2n) is 5.21. The molecule has 0 unspecified atom stereocenters. The third-order valence-electron chi connectivity index (χ3n) is 3.80. The summed E-state index contributed by atoms with van der Waals surface area (Å²) in [5.41, 5.74) is 9.31. The molecule has 0 saturated heterocycles. The number of nitrogens with zero attached hydrogens (tertiary/aromatic N) is 1. The SMILES string of the molecule is NC(=O)c1cccc2cc(-c3ccc4ccccc4n3)[nH]c12. The van der Waals surface area contributed by atoms with E-state index in [2.05, 4.69) is 9.97 Å². The lowest BCUT2D eigenvalue weighted by Crippen LogP contribution is -2.11. The van der Waals surface area contributed by atoms with Gasteiger partial charge < -0.3 is 10.7 Å². The maximum absolute atomic E-state index is 11.5. The van der Waals surface area contributed by atoms with Crippen molar-refractivity contribution < 1.29 is 4.79 Å². The average Bonchev–Trinajstić information content (AvgIpc) is 2.98. The van der Waals surface area contributed by atoms with Gasteiger partial charge >= 0.3 is 0 Å². The molecule has 2 aromatic carbocycles. The summed E-state index contributed by atoms with van der Waals surface area (Å²) in [6, 6.07) is 19.5. The van der Waals surface area contributed by atoms with Crippen molar-refractivity contribution in [3.63, 3.8) is 0 Å². The first-order valence-electron chi connectivity index (χ1n) is 7.00. The van der Waals surface area contributed by atoms with E-state index < -0.39 is 5.91 Å². The molecule has 0 fully saturated rings. The fourth-order valence-electron chi connectivity index (χ4n) is 2.72. The molecular weight excluding hydrogens is 274 g/mol. The highest BCUT2D eigenvalue weighted by molar-refractivity contribution is 6.06. The Morgan fingerprint density at radius 1 is 0.955 bits per heavy atom. The van der Waals surface area contributed by atoms with E-state index in [0.717, 1.165) is 33.2 Å². The van der Waals surface area contributed by atoms with E-state index in [1.54, 1.807) is 6.07 Å². The standard InChI is InChI=1S/C18H13N3O/c19-18(22)13-6-3-5-12-10-16(21-17(12)13)15-9-8-11-4-1-2-7-14(11)20-15/h1-10,21H,(H2,19,22). The Hall–Kier alpha value is -3.14. The number of carbonyl (C=O) groups excluding carboxylic acids is 1. The number of benzene rings is 2. The summed E-state index contributed by atoms with van der Waals surface area (Å²) in [6.07, 6.45) is 0. The predicted octanol–water partition coefficient (Wildman–Crippen LogP) is 3.48. The summed E-state index contributed by atoms with van der Waals surface area (Å²) in [5, 5.41) is 2.04. The lowest BCUT2D eigenvalue weighted by Gasteiger charge is -2.01. The van der Waals surface area contributed by atoms with Crippen molar-refractivity contribution in [3.05, 3.63) is 66.2 Å². The van der Waals surface area contributed by atoms with Gasteiger partial charge in [0.05, 0.1) is 28.0 Å². The number of primary amides is 1. The van der Waals surface area contributed by atoms with Crippen molar-refractivity contribution in [1.82, 2.24) is 9.97 Å². The van der Waals surface area contributed by atoms with Gasteiger partial charge in [0.1, 0.15) is 0 Å². The van der Waals surface area contributed by atoms with Gasteiger partial charge in [0.25, 0.3) is 5.91 Å². The third kappa shape index (κ3) is 1.93. The number of nitrogens with one attached hydrogen (secondary N) is 1. The Balaban J connectivity index is 1.92. The van der Waals surface area contributed by atoms with E-state index in [9.17, 15) is 4.79 Å². The van der Waals surface area contributed by atoms with Crippen LogP contribution in [0.15, 0.2) is 60.7 Å². The second-order valence-corrected chi connectivity index (χ2v) is 5.21. The Kier molecular flexibility index (Phi) is 2.69. The van der Waals surface area contributed by atoms with Gasteiger partial charge in [-0.3, -0.25) is 4.79 Å². The molecule has 22 heavy (non-hydrogen) atoms. The summed E-state index contributed by atoms with van der Waals surface area (Å²) in [4.78, 5) is 19.5. The molecule has 0 bridgehead atoms. The molecule has 0 atom stereocenters. The number of aromatic amines is 1. The molecule has 2 heterocycles. The van der Waals surface area contributed by atoms with Crippen molar-refractivity contribution in [3.8, 4) is 11.4 Å². The number of para-hydroxylation sites is 2. The monoisotopic (exact) mass is 287 g/mol. The first kappa shape index (κ1) is 12.6. The number of fused-ring (bicyclic) bond motifs is 2. The van der Waals surface area contributed by atoms with E-state index in [-0.39, 0.29) is 0 Å². The number of hydrogen-bond acceptors (Lipinski definition) is 2. The highest BCUT2D eigenvalue weighted by Gasteiger charge is 2.11. The van der Waals surface area contributed by atoms with Crippen molar-refractivity contribution in [1.29, 1.82) is 0 Å². The fraction of sp³-hybridized carbons (Fsp3) is 0. The molecule has 1 amide bonds. The van der Waals surface area contributed by atoms with Crippen LogP contribution in [0.4, 0.5) is 0 Å². The Bertz CT molecular complexity index is 1020. The second kappa shape index (κ2) is 4.70. The van der Waals surface area contributed by atoms with Crippen LogP contribution >= 0.6 is 0 Å². The quantitative estimate of drug-likeness (QED) is 0.592. The largest absolute Gasteiger partial charge is 0.366 e. The molecule has 4 heteroatoms. The number of nitrogens with two attached hydrogens (primary N) is 1. The average molecular weight is 287 g/mol. The minimum atomic E-state index is -0.439. The van der Waals surface area contributed by atoms with Crippen LogP contribution in [0.5, 0.6) is 0 Å². The van der Waals surface area contributed by atoms with Gasteiger partial charge in [-0.25, -0.2) is 4.98 Å². The molecule has 4 rings (SSSR count). The molecular formula is C18H13N3O. The van der Waals surface area contributed by atoms with Gasteiger partial charge in [0.15, 0.2) is 0 Å². The van der Waals surface area contributed by atoms with Gasteiger partial charge in [-0.1, -0.05) is 36.4 Å². The first-order valence-corrected chi connectivity index (χ1v) is 7.00. The summed E-state index contributed by atoms with van der Waals surface area (Å²) >= 11 is 0. The van der Waals surface area contributed by atoms with Crippen molar-refractivity contribution in [2.24, 2.45) is 5.73 Å². The van der Waals surface area contributed by atoms with Crippen LogP contribution in [0.25, 0.3) is 33.2 Å². The van der Waals surface area contributed by atoms with E-state index >= 15 is 0 Å². The number of amides is 1. The number of carbonyl (C=O) groups is 1. The lowest BCUT2D eigenvalue weighted by atomic mass is 10.1. The van der Waals surface area contributed by atoms with Crippen LogP contribution in [-0.2, 0) is 0 Å². The molecule has 3 N–H and O–H groups in total. The van der Waals surface area contributed by atoms with Crippen LogP contribution in [0.3, 0.4) is 0 Å². The van der Waals surface area contributed by atoms with E-state index in [4.69, 9.17) is 5.73 Å². The van der Waals surface area contributed by atoms with E-state index in [0.29, 0.717) is 5.56 Å². The van der Waals surface area contributed by atoms with Crippen LogP contribution in [0.1, 0.15) is 10.4 Å². The zero-order valence-electron chi connectivity index (χ0n) is 11.7. The van der Waals surface area contributed by atoms with Crippen molar-refractivity contribution in [2.45, 2.75) is 0 Å². The molecule has 0 radical (unpaired) electrons. The van der Waals surface area contributed by atoms with Gasteiger partial charge in [-0.15, -0.1) is 0 Å². The number of H-pyrrole nitrogens is 1. The first-order chi connectivity index (χ1) is 10.7. The van der Waals surface area contributed by atoms with E-state index in [1.807, 2.05) is 54.6 Å². The van der Waals surface area contributed by atoms with Crippen molar-refractivity contribution in [2.75, 3.05) is 0 Å². The zero-order chi connectivity index (χ0) is 15.1. The molecule has 2 aromatic heterocycles. The maximum atomic E-state index is 11.5. The van der Waals surface area contributed by atoms with Crippen LogP contribution in [0.2, 0.25) is 0 Å². The number of hydrogen-bond donors (Lipinski definition) is 2. The lowest BCUT2D eigenvalue weighted by molar-refractivity contribution is 0.100. The Morgan fingerprint density at radius 3 is 2.64 bits per heavy atom. The normalized spacial score (nSPS) is 11.1. The van der Waals surface area contributed by atoms with E-state index in [1.165, 1.54) is 0 Å². The molecule has 0 spiro atoms. The molecule has 4 aromatic rings. The summed E-state index contributed by atoms with van der Waals surface area (Å²) < 4.78 is 0. The molecule has 0 aliphatic rings. The molecule has 106 valence electrons. The molecule has 0 aliphatic heterocycles. The predicted molar refractivity (Wildman–Crippen MR) is 87.6 cm³/mol. The Labute approximate surface area is 126 Å². The van der Waals surface area contributed by atoms with Crippen molar-refractivity contribution >= 4 is 27.7 Å². The summed E-state index contributed by atoms with van der Waals surface area (Å²) in [7, 11) is 0. The zero-order valence-corrected chi connectivity index (χ0v) is 11.7. The fourth-order valence-corrected chi connectivity index (χ4v) is 2.72. The maximum Gasteiger partial charge on any atom is 0.250 e. The van der Waals surface area contributed by atoms with Gasteiger partial charge in [-0.05, 0) is 24.3 Å². The summed E-state index contributed by atoms with van der Waals surface area (Å²) in [6.45, 7) is 0. The number of pyridine rings is 1. The highest BCUT2D eigenvalue weighted by atomic mass is 16.1. The van der Waals surface area contributed by atoms with Crippen LogP contribution < -0.4 is 5.73 Å². The highest BCUT2D eigenvalue weighted by Crippen LogP contribution is 2.26. The smallest absolute Gasteiger partial charge is 0.250 e. The minimum absolute atomic E-state index is 0.439. The van der Waals surface area contributed by atoms with Crippen LogP contribution in [-0.4, -0.2) is 15.9 Å². The third-order valence-corrected chi connectivity index (χ3v) is 3.80. The summed E-state index contributed by atoms with van der Waals surface area (Å²) in [5.74, 6) is -0.439. The topological polar surface area (TPSA) is 71.8 Å². The van der Waals surface area contributed by atoms with Gasteiger partial charge in [-0.2, -0.15) is 0 Å². The molecule has 0 saturated carbocycles. The minimum Gasteiger partial charge on any atom is -0.366 e. The van der Waals surface area contributed by atoms with Crippen LogP contribution in [0, 0.1) is 0 Å². The number of rotatable bonds is 2. The number of aromatic nitrogens is 2. The van der Waals surface area contributed by atoms with Gasteiger partial charge in [0, 0.05) is 10.8 Å². The molecule has 4 nitrogen and oxygen atoms in total. The molecule has 0 aliphatic carbocycles. The Morgan fingerprint density at radius 2 is 1.77 bits per heavy atom. The van der Waals surface area contributed by atoms with Gasteiger partial charge in [0.2, 0.25) is 0 Å².